The molecule has 0 bridgehead atoms. The Hall–Kier alpha value is -1.27. The lowest BCUT2D eigenvalue weighted by molar-refractivity contribution is 0.168. The lowest BCUT2D eigenvalue weighted by Gasteiger charge is -2.16. The normalized spacial score (nSPS) is 22.8. The van der Waals surface area contributed by atoms with Gasteiger partial charge in [0.2, 0.25) is 0 Å². The summed E-state index contributed by atoms with van der Waals surface area (Å²) in [5, 5.41) is 16.0. The molecule has 0 heterocycles. The highest BCUT2D eigenvalue weighted by molar-refractivity contribution is 7.99. The van der Waals surface area contributed by atoms with Crippen LogP contribution < -0.4 is 10.6 Å². The smallest absolute Gasteiger partial charge is 0.315 e. The fourth-order valence-electron chi connectivity index (χ4n) is 2.57. The molecule has 1 aromatic rings. The second-order valence-corrected chi connectivity index (χ2v) is 6.40. The summed E-state index contributed by atoms with van der Waals surface area (Å²) < 4.78 is 13.5. The van der Waals surface area contributed by atoms with Crippen molar-refractivity contribution in [2.75, 3.05) is 12.8 Å². The molecule has 4 nitrogen and oxygen atoms in total. The third-order valence-electron chi connectivity index (χ3n) is 3.77. The second-order valence-electron chi connectivity index (χ2n) is 5.26. The molecular weight excluding hydrogens is 291 g/mol. The lowest BCUT2D eigenvalue weighted by Crippen LogP contribution is -2.42. The molecule has 0 aliphatic heterocycles. The van der Waals surface area contributed by atoms with E-state index in [1.165, 1.54) is 12.1 Å². The summed E-state index contributed by atoms with van der Waals surface area (Å²) in [6.45, 7) is -0.00849. The number of aliphatic hydroxyl groups is 1. The van der Waals surface area contributed by atoms with E-state index in [4.69, 9.17) is 0 Å². The fraction of sp³-hybridized carbons (Fsp3) is 0.533. The summed E-state index contributed by atoms with van der Waals surface area (Å²) in [6, 6.07) is 5.90. The molecule has 1 saturated carbocycles. The largest absolute Gasteiger partial charge is 0.386 e. The van der Waals surface area contributed by atoms with Gasteiger partial charge >= 0.3 is 6.03 Å². The summed E-state index contributed by atoms with van der Waals surface area (Å²) in [5.74, 6) is -0.467. The number of aliphatic hydroxyl groups excluding tert-OH is 1. The number of rotatable bonds is 5. The molecule has 0 saturated heterocycles. The van der Waals surface area contributed by atoms with Crippen molar-refractivity contribution in [3.63, 3.8) is 0 Å². The summed E-state index contributed by atoms with van der Waals surface area (Å²) in [5.41, 5.74) is 0.195. The van der Waals surface area contributed by atoms with E-state index in [2.05, 4.69) is 16.9 Å². The summed E-state index contributed by atoms with van der Waals surface area (Å²) in [6.07, 6.45) is 4.11. The monoisotopic (exact) mass is 312 g/mol. The Morgan fingerprint density at radius 3 is 2.90 bits per heavy atom. The zero-order valence-corrected chi connectivity index (χ0v) is 12.8. The average molecular weight is 312 g/mol. The van der Waals surface area contributed by atoms with Crippen LogP contribution in [-0.4, -0.2) is 35.2 Å². The van der Waals surface area contributed by atoms with E-state index in [0.29, 0.717) is 5.25 Å². The van der Waals surface area contributed by atoms with E-state index in [0.717, 1.165) is 19.3 Å². The van der Waals surface area contributed by atoms with Gasteiger partial charge in [-0.15, -0.1) is 0 Å². The minimum Gasteiger partial charge on any atom is -0.386 e. The maximum atomic E-state index is 13.5. The van der Waals surface area contributed by atoms with Crippen LogP contribution in [0.5, 0.6) is 0 Å². The number of carbonyl (C=O) groups excluding carboxylic acids is 1. The third-order valence-corrected chi connectivity index (χ3v) is 4.87. The van der Waals surface area contributed by atoms with Crippen molar-refractivity contribution in [3.05, 3.63) is 35.6 Å². The van der Waals surface area contributed by atoms with Gasteiger partial charge in [-0.2, -0.15) is 11.8 Å². The Kier molecular flexibility index (Phi) is 5.87. The first-order valence-corrected chi connectivity index (χ1v) is 8.38. The highest BCUT2D eigenvalue weighted by atomic mass is 32.2. The Morgan fingerprint density at radius 2 is 2.24 bits per heavy atom. The van der Waals surface area contributed by atoms with Crippen molar-refractivity contribution < 1.29 is 14.3 Å². The Balaban J connectivity index is 1.75. The number of thioether (sulfide) groups is 1. The van der Waals surface area contributed by atoms with Gasteiger partial charge in [-0.3, -0.25) is 0 Å². The van der Waals surface area contributed by atoms with Gasteiger partial charge in [0, 0.05) is 23.4 Å². The van der Waals surface area contributed by atoms with Gasteiger partial charge in [0.15, 0.2) is 0 Å². The number of hydrogen-bond acceptors (Lipinski definition) is 3. The summed E-state index contributed by atoms with van der Waals surface area (Å²) in [7, 11) is 0. The number of urea groups is 1. The minimum absolute atomic E-state index is 0.00849. The highest BCUT2D eigenvalue weighted by Crippen LogP contribution is 2.28. The second kappa shape index (κ2) is 7.66. The van der Waals surface area contributed by atoms with Crippen molar-refractivity contribution in [2.24, 2.45) is 0 Å². The molecule has 1 aromatic carbocycles. The van der Waals surface area contributed by atoms with Crippen molar-refractivity contribution in [3.8, 4) is 0 Å². The molecule has 0 radical (unpaired) electrons. The summed E-state index contributed by atoms with van der Waals surface area (Å²) in [4.78, 5) is 11.8. The molecule has 0 aromatic heterocycles. The average Bonchev–Trinajstić information content (AvgIpc) is 2.93. The Morgan fingerprint density at radius 1 is 1.48 bits per heavy atom. The van der Waals surface area contributed by atoms with E-state index < -0.39 is 11.9 Å². The number of halogens is 1. The van der Waals surface area contributed by atoms with Crippen LogP contribution >= 0.6 is 11.8 Å². The molecule has 116 valence electrons. The summed E-state index contributed by atoms with van der Waals surface area (Å²) >= 11 is 1.83. The molecule has 2 rings (SSSR count). The molecule has 3 N–H and O–H groups in total. The van der Waals surface area contributed by atoms with Crippen LogP contribution in [0, 0.1) is 5.82 Å². The van der Waals surface area contributed by atoms with Crippen LogP contribution in [0.2, 0.25) is 0 Å². The Labute approximate surface area is 128 Å². The molecule has 21 heavy (non-hydrogen) atoms. The molecule has 6 heteroatoms. The number of nitrogens with one attached hydrogen (secondary N) is 2. The van der Waals surface area contributed by atoms with Gasteiger partial charge in [-0.25, -0.2) is 9.18 Å². The highest BCUT2D eigenvalue weighted by Gasteiger charge is 2.25. The zero-order valence-electron chi connectivity index (χ0n) is 12.0. The van der Waals surface area contributed by atoms with Gasteiger partial charge in [0.25, 0.3) is 0 Å². The van der Waals surface area contributed by atoms with Crippen LogP contribution in [-0.2, 0) is 0 Å². The number of hydrogen-bond donors (Lipinski definition) is 3. The number of amides is 2. The van der Waals surface area contributed by atoms with Crippen LogP contribution in [0.1, 0.15) is 30.9 Å². The molecule has 1 aliphatic carbocycles. The number of benzene rings is 1. The van der Waals surface area contributed by atoms with Gasteiger partial charge in [-0.1, -0.05) is 18.2 Å². The SMILES string of the molecule is CSC1CCC(NC(=O)NCC(O)c2ccccc2F)C1. The van der Waals surface area contributed by atoms with Crippen LogP contribution in [0.25, 0.3) is 0 Å². The maximum absolute atomic E-state index is 13.5. The molecule has 3 atom stereocenters. The number of carbonyl (C=O) groups is 1. The quantitative estimate of drug-likeness (QED) is 0.782. The fourth-order valence-corrected chi connectivity index (χ4v) is 3.36. The topological polar surface area (TPSA) is 61.4 Å². The van der Waals surface area contributed by atoms with Gasteiger partial charge < -0.3 is 15.7 Å². The predicted molar refractivity (Wildman–Crippen MR) is 82.8 cm³/mol. The molecule has 1 aliphatic rings. The molecule has 1 fully saturated rings. The van der Waals surface area contributed by atoms with Crippen LogP contribution in [0.15, 0.2) is 24.3 Å². The first-order chi connectivity index (χ1) is 10.1. The Bertz CT molecular complexity index is 486. The molecule has 3 unspecified atom stereocenters. The maximum Gasteiger partial charge on any atom is 0.315 e. The van der Waals surface area contributed by atoms with Crippen LogP contribution in [0.4, 0.5) is 9.18 Å². The first kappa shape index (κ1) is 16.1. The minimum atomic E-state index is -1.04. The van der Waals surface area contributed by atoms with Gasteiger partial charge in [0.1, 0.15) is 5.82 Å². The van der Waals surface area contributed by atoms with E-state index >= 15 is 0 Å². The lowest BCUT2D eigenvalue weighted by atomic mass is 10.1. The molecule has 0 spiro atoms. The van der Waals surface area contributed by atoms with Crippen LogP contribution in [0.3, 0.4) is 0 Å². The van der Waals surface area contributed by atoms with E-state index in [-0.39, 0.29) is 24.2 Å². The van der Waals surface area contributed by atoms with E-state index in [1.54, 1.807) is 12.1 Å². The molecular formula is C15H21FN2O2S. The third kappa shape index (κ3) is 4.61. The molecule has 2 amide bonds. The van der Waals surface area contributed by atoms with Crippen molar-refractivity contribution in [1.29, 1.82) is 0 Å². The first-order valence-electron chi connectivity index (χ1n) is 7.09. The predicted octanol–water partition coefficient (Wildman–Crippen LogP) is 2.44. The van der Waals surface area contributed by atoms with E-state index in [9.17, 15) is 14.3 Å². The van der Waals surface area contributed by atoms with Crippen molar-refractivity contribution >= 4 is 17.8 Å². The van der Waals surface area contributed by atoms with Crippen molar-refractivity contribution in [2.45, 2.75) is 36.7 Å². The zero-order chi connectivity index (χ0) is 15.2. The van der Waals surface area contributed by atoms with Gasteiger partial charge in [0.05, 0.1) is 6.10 Å². The standard InChI is InChI=1S/C15H21FN2O2S/c1-21-11-7-6-10(8-11)18-15(20)17-9-14(19)12-4-2-3-5-13(12)16/h2-5,10-11,14,19H,6-9H2,1H3,(H2,17,18,20). The van der Waals surface area contributed by atoms with Gasteiger partial charge in [-0.05, 0) is 31.6 Å². The van der Waals surface area contributed by atoms with E-state index in [1.807, 2.05) is 11.8 Å². The van der Waals surface area contributed by atoms with Crippen molar-refractivity contribution in [1.82, 2.24) is 10.6 Å².